The van der Waals surface area contributed by atoms with Gasteiger partial charge in [-0.3, -0.25) is 0 Å². The summed E-state index contributed by atoms with van der Waals surface area (Å²) < 4.78 is 5.14. The average Bonchev–Trinajstić information content (AvgIpc) is 2.57. The normalized spacial score (nSPS) is 10.4. The molecule has 0 fully saturated rings. The lowest BCUT2D eigenvalue weighted by Crippen LogP contribution is -2.01. The largest absolute Gasteiger partial charge is 0.394 e. The van der Waals surface area contributed by atoms with E-state index in [-0.39, 0.29) is 6.61 Å². The number of thiophene rings is 1. The first kappa shape index (κ1) is 9.71. The van der Waals surface area contributed by atoms with Crippen LogP contribution in [0.15, 0.2) is 17.5 Å². The number of aliphatic hydroxyl groups is 1. The van der Waals surface area contributed by atoms with Crippen LogP contribution in [0.1, 0.15) is 11.3 Å². The molecular formula is C9H14O2S. The van der Waals surface area contributed by atoms with Gasteiger partial charge in [0.15, 0.2) is 0 Å². The average molecular weight is 186 g/mol. The quantitative estimate of drug-likeness (QED) is 0.685. The highest BCUT2D eigenvalue weighted by Crippen LogP contribution is 2.10. The molecule has 0 amide bonds. The summed E-state index contributed by atoms with van der Waals surface area (Å²) in [4.78, 5) is 1.41. The molecule has 0 bridgehead atoms. The van der Waals surface area contributed by atoms with Gasteiger partial charge in [-0.05, 0) is 24.3 Å². The van der Waals surface area contributed by atoms with Crippen molar-refractivity contribution in [2.75, 3.05) is 19.8 Å². The molecule has 0 aliphatic carbocycles. The van der Waals surface area contributed by atoms with Crippen molar-refractivity contribution in [3.05, 3.63) is 22.4 Å². The zero-order valence-corrected chi connectivity index (χ0v) is 7.85. The molecule has 1 rings (SSSR count). The van der Waals surface area contributed by atoms with Gasteiger partial charge in [0.25, 0.3) is 0 Å². The minimum absolute atomic E-state index is 0.124. The molecule has 0 aliphatic heterocycles. The molecule has 12 heavy (non-hydrogen) atoms. The standard InChI is InChI=1S/C9H14O2S/c10-5-7-11-6-1-3-9-4-2-8-12-9/h2,4,8,10H,1,3,5-7H2. The summed E-state index contributed by atoms with van der Waals surface area (Å²) in [6.07, 6.45) is 2.13. The number of ether oxygens (including phenoxy) is 1. The van der Waals surface area contributed by atoms with Crippen LogP contribution in [0.5, 0.6) is 0 Å². The van der Waals surface area contributed by atoms with Gasteiger partial charge in [-0.25, -0.2) is 0 Å². The van der Waals surface area contributed by atoms with Crippen molar-refractivity contribution in [3.63, 3.8) is 0 Å². The molecule has 1 N–H and O–H groups in total. The fourth-order valence-corrected chi connectivity index (χ4v) is 1.72. The van der Waals surface area contributed by atoms with E-state index < -0.39 is 0 Å². The number of hydrogen-bond acceptors (Lipinski definition) is 3. The molecule has 68 valence electrons. The van der Waals surface area contributed by atoms with Crippen LogP contribution in [0, 0.1) is 0 Å². The second-order valence-electron chi connectivity index (χ2n) is 2.52. The maximum atomic E-state index is 8.43. The van der Waals surface area contributed by atoms with E-state index in [2.05, 4.69) is 17.5 Å². The zero-order chi connectivity index (χ0) is 8.65. The summed E-state index contributed by atoms with van der Waals surface area (Å²) in [7, 11) is 0. The van der Waals surface area contributed by atoms with Gasteiger partial charge in [-0.1, -0.05) is 6.07 Å². The summed E-state index contributed by atoms with van der Waals surface area (Å²) in [6.45, 7) is 1.34. The highest BCUT2D eigenvalue weighted by molar-refractivity contribution is 7.09. The van der Waals surface area contributed by atoms with E-state index >= 15 is 0 Å². The van der Waals surface area contributed by atoms with Crippen molar-refractivity contribution >= 4 is 11.3 Å². The molecule has 0 atom stereocenters. The molecule has 1 heterocycles. The highest BCUT2D eigenvalue weighted by atomic mass is 32.1. The maximum absolute atomic E-state index is 8.43. The van der Waals surface area contributed by atoms with E-state index in [1.54, 1.807) is 11.3 Å². The van der Waals surface area contributed by atoms with Crippen molar-refractivity contribution < 1.29 is 9.84 Å². The third kappa shape index (κ3) is 3.85. The van der Waals surface area contributed by atoms with Crippen molar-refractivity contribution in [1.82, 2.24) is 0 Å². The first-order valence-electron chi connectivity index (χ1n) is 4.14. The first-order valence-corrected chi connectivity index (χ1v) is 5.02. The van der Waals surface area contributed by atoms with Crippen molar-refractivity contribution in [1.29, 1.82) is 0 Å². The van der Waals surface area contributed by atoms with Crippen LogP contribution in [0.4, 0.5) is 0 Å². The summed E-state index contributed by atoms with van der Waals surface area (Å²) in [5.74, 6) is 0. The number of aryl methyl sites for hydroxylation is 1. The summed E-state index contributed by atoms with van der Waals surface area (Å²) in [5, 5.41) is 10.5. The second-order valence-corrected chi connectivity index (χ2v) is 3.55. The third-order valence-electron chi connectivity index (χ3n) is 1.53. The molecule has 2 nitrogen and oxygen atoms in total. The van der Waals surface area contributed by atoms with Gasteiger partial charge in [-0.2, -0.15) is 0 Å². The predicted octanol–water partition coefficient (Wildman–Crippen LogP) is 1.69. The zero-order valence-electron chi connectivity index (χ0n) is 7.03. The van der Waals surface area contributed by atoms with Crippen LogP contribution >= 0.6 is 11.3 Å². The maximum Gasteiger partial charge on any atom is 0.0697 e. The van der Waals surface area contributed by atoms with Crippen LogP contribution in [-0.4, -0.2) is 24.9 Å². The number of rotatable bonds is 6. The van der Waals surface area contributed by atoms with E-state index in [0.717, 1.165) is 19.4 Å². The van der Waals surface area contributed by atoms with Crippen LogP contribution in [0.3, 0.4) is 0 Å². The van der Waals surface area contributed by atoms with Crippen molar-refractivity contribution in [2.24, 2.45) is 0 Å². The van der Waals surface area contributed by atoms with Gasteiger partial charge < -0.3 is 9.84 Å². The smallest absolute Gasteiger partial charge is 0.0697 e. The van der Waals surface area contributed by atoms with Gasteiger partial charge in [0.05, 0.1) is 13.2 Å². The van der Waals surface area contributed by atoms with Gasteiger partial charge in [0, 0.05) is 11.5 Å². The Morgan fingerprint density at radius 3 is 3.00 bits per heavy atom. The third-order valence-corrected chi connectivity index (χ3v) is 2.46. The fourth-order valence-electron chi connectivity index (χ4n) is 0.970. The van der Waals surface area contributed by atoms with Crippen LogP contribution in [0.2, 0.25) is 0 Å². The Morgan fingerprint density at radius 1 is 1.42 bits per heavy atom. The van der Waals surface area contributed by atoms with Crippen LogP contribution in [-0.2, 0) is 11.2 Å². The van der Waals surface area contributed by atoms with Crippen molar-refractivity contribution in [3.8, 4) is 0 Å². The number of hydrogen-bond donors (Lipinski definition) is 1. The Bertz CT molecular complexity index is 184. The Hall–Kier alpha value is -0.380. The minimum atomic E-state index is 0.124. The van der Waals surface area contributed by atoms with Gasteiger partial charge in [-0.15, -0.1) is 11.3 Å². The van der Waals surface area contributed by atoms with E-state index in [1.807, 2.05) is 0 Å². The predicted molar refractivity (Wildman–Crippen MR) is 50.5 cm³/mol. The topological polar surface area (TPSA) is 29.5 Å². The Kier molecular flexibility index (Phi) is 4.99. The Morgan fingerprint density at radius 2 is 2.33 bits per heavy atom. The molecule has 0 spiro atoms. The molecular weight excluding hydrogens is 172 g/mol. The molecule has 0 saturated carbocycles. The van der Waals surface area contributed by atoms with E-state index in [0.29, 0.717) is 6.61 Å². The molecule has 0 aliphatic rings. The summed E-state index contributed by atoms with van der Waals surface area (Å²) >= 11 is 1.78. The lowest BCUT2D eigenvalue weighted by Gasteiger charge is -1.99. The van der Waals surface area contributed by atoms with Gasteiger partial charge in [0.1, 0.15) is 0 Å². The summed E-state index contributed by atoms with van der Waals surface area (Å²) in [6, 6.07) is 4.20. The molecule has 3 heteroatoms. The SMILES string of the molecule is OCCOCCCc1cccs1. The molecule has 1 aromatic heterocycles. The first-order chi connectivity index (χ1) is 5.93. The highest BCUT2D eigenvalue weighted by Gasteiger charge is 1.93. The van der Waals surface area contributed by atoms with Crippen LogP contribution < -0.4 is 0 Å². The Labute approximate surface area is 76.8 Å². The van der Waals surface area contributed by atoms with E-state index in [4.69, 9.17) is 9.84 Å². The fraction of sp³-hybridized carbons (Fsp3) is 0.556. The lowest BCUT2D eigenvalue weighted by atomic mass is 10.3. The monoisotopic (exact) mass is 186 g/mol. The molecule has 0 radical (unpaired) electrons. The van der Waals surface area contributed by atoms with Gasteiger partial charge in [0.2, 0.25) is 0 Å². The van der Waals surface area contributed by atoms with Crippen LogP contribution in [0.25, 0.3) is 0 Å². The molecule has 0 saturated heterocycles. The molecule has 1 aromatic rings. The Balaban J connectivity index is 1.96. The minimum Gasteiger partial charge on any atom is -0.394 e. The molecule has 0 aromatic carbocycles. The summed E-state index contributed by atoms with van der Waals surface area (Å²) in [5.41, 5.74) is 0. The number of aliphatic hydroxyl groups excluding tert-OH is 1. The van der Waals surface area contributed by atoms with Crippen molar-refractivity contribution in [2.45, 2.75) is 12.8 Å². The lowest BCUT2D eigenvalue weighted by molar-refractivity contribution is 0.0910. The van der Waals surface area contributed by atoms with E-state index in [1.165, 1.54) is 4.88 Å². The molecule has 0 unspecified atom stereocenters. The van der Waals surface area contributed by atoms with Gasteiger partial charge >= 0.3 is 0 Å². The van der Waals surface area contributed by atoms with E-state index in [9.17, 15) is 0 Å². The second kappa shape index (κ2) is 6.17.